The largest absolute Gasteiger partial charge is 0.368 e. The fourth-order valence-electron chi connectivity index (χ4n) is 3.74. The molecule has 0 spiro atoms. The van der Waals surface area contributed by atoms with Crippen LogP contribution >= 0.6 is 0 Å². The maximum atomic E-state index is 13.4. The zero-order valence-electron chi connectivity index (χ0n) is 20.9. The van der Waals surface area contributed by atoms with Gasteiger partial charge >= 0.3 is 0 Å². The van der Waals surface area contributed by atoms with Crippen LogP contribution in [-0.4, -0.2) is 44.4 Å². The monoisotopic (exact) mass is 507 g/mol. The highest BCUT2D eigenvalue weighted by Crippen LogP contribution is 2.26. The van der Waals surface area contributed by atoms with Crippen molar-refractivity contribution in [2.75, 3.05) is 16.8 Å². The number of nitrogen functional groups attached to an aromatic ring is 1. The number of nitrogens with two attached hydrogens (primary N) is 1. The summed E-state index contributed by atoms with van der Waals surface area (Å²) in [7, 11) is -1.06. The molecule has 12 heteroatoms. The van der Waals surface area contributed by atoms with Crippen LogP contribution in [0.1, 0.15) is 58.0 Å². The zero-order valence-corrected chi connectivity index (χ0v) is 21.7. The first kappa shape index (κ1) is 25.3. The van der Waals surface area contributed by atoms with Crippen molar-refractivity contribution < 1.29 is 4.21 Å². The highest BCUT2D eigenvalue weighted by molar-refractivity contribution is 7.85. The molecule has 188 valence electrons. The lowest BCUT2D eigenvalue weighted by Gasteiger charge is -2.16. The number of aromatic nitrogens is 7. The molecule has 0 amide bonds. The van der Waals surface area contributed by atoms with Crippen LogP contribution in [0.2, 0.25) is 0 Å². The molecule has 0 fully saturated rings. The summed E-state index contributed by atoms with van der Waals surface area (Å²) in [5.41, 5.74) is 8.46. The third-order valence-electron chi connectivity index (χ3n) is 5.53. The van der Waals surface area contributed by atoms with Crippen molar-refractivity contribution in [2.45, 2.75) is 58.0 Å². The number of fused-ring (bicyclic) bond motifs is 1. The fraction of sp³-hybridized carbons (Fsp3) is 0.375. The highest BCUT2D eigenvalue weighted by atomic mass is 32.2. The first-order chi connectivity index (χ1) is 17.2. The quantitative estimate of drug-likeness (QED) is 0.363. The van der Waals surface area contributed by atoms with Crippen LogP contribution in [0.5, 0.6) is 0 Å². The molecule has 3 N–H and O–H groups in total. The number of rotatable bonds is 8. The summed E-state index contributed by atoms with van der Waals surface area (Å²) in [5.74, 6) is 1.36. The SMILES string of the molecule is CCS(=O)c1ccc(CNc2nc3cnc(-c4cnc(N)nc4C(C)C)nc3n(C(C)C)c2=O)nc1. The van der Waals surface area contributed by atoms with Gasteiger partial charge in [-0.2, -0.15) is 0 Å². The van der Waals surface area contributed by atoms with Gasteiger partial charge in [0, 0.05) is 24.2 Å². The molecule has 4 heterocycles. The molecule has 1 atom stereocenters. The second-order valence-corrected chi connectivity index (χ2v) is 10.5. The van der Waals surface area contributed by atoms with Crippen molar-refractivity contribution in [1.82, 2.24) is 34.5 Å². The lowest BCUT2D eigenvalue weighted by atomic mass is 10.0. The average Bonchev–Trinajstić information content (AvgIpc) is 2.86. The molecule has 11 nitrogen and oxygen atoms in total. The normalized spacial score (nSPS) is 12.4. The van der Waals surface area contributed by atoms with Crippen molar-refractivity contribution in [1.29, 1.82) is 0 Å². The Labute approximate surface area is 211 Å². The van der Waals surface area contributed by atoms with Crippen molar-refractivity contribution in [3.63, 3.8) is 0 Å². The maximum Gasteiger partial charge on any atom is 0.295 e. The van der Waals surface area contributed by atoms with E-state index in [2.05, 4.69) is 30.2 Å². The molecule has 0 aliphatic rings. The molecule has 0 aliphatic carbocycles. The van der Waals surface area contributed by atoms with E-state index in [0.717, 1.165) is 5.69 Å². The van der Waals surface area contributed by atoms with E-state index in [1.165, 1.54) is 0 Å². The second kappa shape index (κ2) is 10.4. The highest BCUT2D eigenvalue weighted by Gasteiger charge is 2.19. The lowest BCUT2D eigenvalue weighted by Crippen LogP contribution is -2.27. The molecule has 0 saturated carbocycles. The Morgan fingerprint density at radius 1 is 1.03 bits per heavy atom. The van der Waals surface area contributed by atoms with Crippen molar-refractivity contribution in [3.05, 3.63) is 52.5 Å². The molecule has 36 heavy (non-hydrogen) atoms. The predicted octanol–water partition coefficient (Wildman–Crippen LogP) is 3.06. The van der Waals surface area contributed by atoms with Crippen molar-refractivity contribution in [3.8, 4) is 11.4 Å². The first-order valence-electron chi connectivity index (χ1n) is 11.7. The van der Waals surface area contributed by atoms with Crippen LogP contribution in [0.3, 0.4) is 0 Å². The van der Waals surface area contributed by atoms with E-state index in [4.69, 9.17) is 10.7 Å². The van der Waals surface area contributed by atoms with Crippen LogP contribution in [-0.2, 0) is 17.3 Å². The number of hydrogen-bond donors (Lipinski definition) is 2. The van der Waals surface area contributed by atoms with Gasteiger partial charge in [-0.3, -0.25) is 18.6 Å². The van der Waals surface area contributed by atoms with Crippen LogP contribution in [0.15, 0.2) is 40.4 Å². The average molecular weight is 508 g/mol. The third kappa shape index (κ3) is 5.08. The number of pyridine rings is 1. The van der Waals surface area contributed by atoms with E-state index in [9.17, 15) is 9.00 Å². The molecule has 0 radical (unpaired) electrons. The molecule has 0 saturated heterocycles. The van der Waals surface area contributed by atoms with Gasteiger partial charge in [-0.25, -0.2) is 24.9 Å². The Hall–Kier alpha value is -3.80. The maximum absolute atomic E-state index is 13.4. The van der Waals surface area contributed by atoms with E-state index in [0.29, 0.717) is 38.9 Å². The molecule has 0 aliphatic heterocycles. The van der Waals surface area contributed by atoms with Gasteiger partial charge in [0.2, 0.25) is 5.95 Å². The second-order valence-electron chi connectivity index (χ2n) is 8.79. The van der Waals surface area contributed by atoms with Crippen LogP contribution < -0.4 is 16.6 Å². The standard InChI is InChI=1S/C24H29N9O2S/c1-6-36(35)16-8-7-15(26-10-16)9-27-21-23(34)33(14(4)5)22-18(30-21)12-28-20(32-22)17-11-29-24(25)31-19(17)13(2)3/h7-8,10-14H,6,9H2,1-5H3,(H,27,30)(H2,25,29,31). The topological polar surface area (TPSA) is 154 Å². The summed E-state index contributed by atoms with van der Waals surface area (Å²) < 4.78 is 13.5. The van der Waals surface area contributed by atoms with Gasteiger partial charge < -0.3 is 11.1 Å². The zero-order chi connectivity index (χ0) is 26.0. The van der Waals surface area contributed by atoms with Gasteiger partial charge in [-0.15, -0.1) is 0 Å². The molecular weight excluding hydrogens is 478 g/mol. The number of nitrogens with zero attached hydrogens (tertiary/aromatic N) is 7. The molecule has 0 bridgehead atoms. The third-order valence-corrected chi connectivity index (χ3v) is 6.82. The van der Waals surface area contributed by atoms with E-state index < -0.39 is 10.8 Å². The summed E-state index contributed by atoms with van der Waals surface area (Å²) in [6, 6.07) is 3.39. The summed E-state index contributed by atoms with van der Waals surface area (Å²) in [6.45, 7) is 9.96. The Bertz CT molecular complexity index is 1480. The van der Waals surface area contributed by atoms with Gasteiger partial charge in [-0.05, 0) is 31.9 Å². The number of anilines is 2. The summed E-state index contributed by atoms with van der Waals surface area (Å²) in [6.07, 6.45) is 4.79. The molecule has 1 unspecified atom stereocenters. The minimum atomic E-state index is -1.06. The lowest BCUT2D eigenvalue weighted by molar-refractivity contribution is 0.593. The molecule has 4 aromatic heterocycles. The minimum absolute atomic E-state index is 0.0752. The van der Waals surface area contributed by atoms with Crippen molar-refractivity contribution >= 4 is 33.7 Å². The molecule has 4 aromatic rings. The summed E-state index contributed by atoms with van der Waals surface area (Å²) in [5, 5.41) is 3.08. The van der Waals surface area contributed by atoms with E-state index >= 15 is 0 Å². The van der Waals surface area contributed by atoms with Crippen LogP contribution in [0.25, 0.3) is 22.6 Å². The van der Waals surface area contributed by atoms with E-state index in [1.54, 1.807) is 35.3 Å². The van der Waals surface area contributed by atoms with Gasteiger partial charge in [0.1, 0.15) is 5.52 Å². The smallest absolute Gasteiger partial charge is 0.295 e. The van der Waals surface area contributed by atoms with Gasteiger partial charge in [0.15, 0.2) is 17.3 Å². The Morgan fingerprint density at radius 3 is 2.44 bits per heavy atom. The first-order valence-corrected chi connectivity index (χ1v) is 13.0. The van der Waals surface area contributed by atoms with Gasteiger partial charge in [-0.1, -0.05) is 20.8 Å². The number of hydrogen-bond acceptors (Lipinski definition) is 10. The van der Waals surface area contributed by atoms with Gasteiger partial charge in [0.05, 0.1) is 45.4 Å². The van der Waals surface area contributed by atoms with E-state index in [1.807, 2.05) is 34.6 Å². The van der Waals surface area contributed by atoms with Crippen LogP contribution in [0, 0.1) is 0 Å². The molecular formula is C24H29N9O2S. The fourth-order valence-corrected chi connectivity index (χ4v) is 4.46. The molecule has 4 rings (SSSR count). The van der Waals surface area contributed by atoms with E-state index in [-0.39, 0.29) is 35.8 Å². The summed E-state index contributed by atoms with van der Waals surface area (Å²) in [4.78, 5) is 40.6. The molecule has 0 aromatic carbocycles. The predicted molar refractivity (Wildman–Crippen MR) is 140 cm³/mol. The van der Waals surface area contributed by atoms with Gasteiger partial charge in [0.25, 0.3) is 5.56 Å². The Balaban J connectivity index is 1.72. The van der Waals surface area contributed by atoms with Crippen molar-refractivity contribution in [2.24, 2.45) is 0 Å². The van der Waals surface area contributed by atoms with Crippen LogP contribution in [0.4, 0.5) is 11.8 Å². The Kier molecular flexibility index (Phi) is 7.34. The Morgan fingerprint density at radius 2 is 1.81 bits per heavy atom. The number of nitrogens with one attached hydrogen (secondary N) is 1. The minimum Gasteiger partial charge on any atom is -0.368 e. The summed E-state index contributed by atoms with van der Waals surface area (Å²) >= 11 is 0.